The molecule has 0 atom stereocenters. The smallest absolute Gasteiger partial charge is 0.262 e. The van der Waals surface area contributed by atoms with E-state index in [0.29, 0.717) is 16.4 Å². The van der Waals surface area contributed by atoms with Crippen LogP contribution in [0.5, 0.6) is 5.75 Å². The lowest BCUT2D eigenvalue weighted by atomic mass is 10.1. The van der Waals surface area contributed by atoms with Gasteiger partial charge in [-0.15, -0.1) is 0 Å². The van der Waals surface area contributed by atoms with Crippen LogP contribution < -0.4 is 10.2 Å². The molecule has 0 unspecified atom stereocenters. The number of anilines is 2. The summed E-state index contributed by atoms with van der Waals surface area (Å²) in [5.41, 5.74) is 1.26. The number of halogens is 1. The zero-order valence-corrected chi connectivity index (χ0v) is 11.6. The van der Waals surface area contributed by atoms with Crippen molar-refractivity contribution in [2.45, 2.75) is 0 Å². The molecule has 0 aliphatic carbocycles. The number of fused-ring (bicyclic) bond motifs is 1. The third-order valence-corrected chi connectivity index (χ3v) is 3.44. The number of hydrogen-bond donors (Lipinski definition) is 2. The molecular formula is C15H11ClN2O3. The Balaban J connectivity index is 2.04. The van der Waals surface area contributed by atoms with Crippen LogP contribution in [0, 0.1) is 0 Å². The van der Waals surface area contributed by atoms with Crippen LogP contribution >= 0.6 is 11.6 Å². The summed E-state index contributed by atoms with van der Waals surface area (Å²) in [6, 6.07) is 11.3. The van der Waals surface area contributed by atoms with Crippen molar-refractivity contribution in [2.75, 3.05) is 16.8 Å². The highest BCUT2D eigenvalue weighted by Gasteiger charge is 2.28. The number of hydrogen-bond acceptors (Lipinski definition) is 3. The molecule has 6 heteroatoms. The first-order valence-electron chi connectivity index (χ1n) is 6.25. The van der Waals surface area contributed by atoms with Crippen LogP contribution in [0.1, 0.15) is 10.4 Å². The van der Waals surface area contributed by atoms with Crippen molar-refractivity contribution in [3.05, 3.63) is 53.1 Å². The van der Waals surface area contributed by atoms with Gasteiger partial charge >= 0.3 is 0 Å². The van der Waals surface area contributed by atoms with E-state index in [1.807, 2.05) is 0 Å². The molecule has 21 heavy (non-hydrogen) atoms. The maximum atomic E-state index is 12.6. The SMILES string of the molecule is O=C1CN(C(=O)c2ccc(Cl)cc2O)c2ccccc2N1. The second-order valence-corrected chi connectivity index (χ2v) is 5.05. The lowest BCUT2D eigenvalue weighted by Crippen LogP contribution is -2.42. The zero-order valence-electron chi connectivity index (χ0n) is 10.8. The number of para-hydroxylation sites is 2. The van der Waals surface area contributed by atoms with Gasteiger partial charge in [-0.1, -0.05) is 23.7 Å². The third-order valence-electron chi connectivity index (χ3n) is 3.21. The fraction of sp³-hybridized carbons (Fsp3) is 0.0667. The molecule has 0 saturated carbocycles. The second-order valence-electron chi connectivity index (χ2n) is 4.62. The van der Waals surface area contributed by atoms with E-state index in [1.165, 1.54) is 23.1 Å². The minimum Gasteiger partial charge on any atom is -0.507 e. The molecule has 0 saturated heterocycles. The monoisotopic (exact) mass is 302 g/mol. The summed E-state index contributed by atoms with van der Waals surface area (Å²) in [5.74, 6) is -0.946. The van der Waals surface area contributed by atoms with Crippen molar-refractivity contribution < 1.29 is 14.7 Å². The molecule has 106 valence electrons. The Labute approximate surface area is 125 Å². The molecule has 2 N–H and O–H groups in total. The lowest BCUT2D eigenvalue weighted by molar-refractivity contribution is -0.115. The number of rotatable bonds is 1. The highest BCUT2D eigenvalue weighted by atomic mass is 35.5. The Morgan fingerprint density at radius 3 is 2.76 bits per heavy atom. The Bertz CT molecular complexity index is 745. The first-order chi connectivity index (χ1) is 10.1. The predicted octanol–water partition coefficient (Wildman–Crippen LogP) is 2.64. The number of carbonyl (C=O) groups is 2. The average molecular weight is 303 g/mol. The van der Waals surface area contributed by atoms with E-state index >= 15 is 0 Å². The van der Waals surface area contributed by atoms with Crippen molar-refractivity contribution in [3.63, 3.8) is 0 Å². The van der Waals surface area contributed by atoms with Crippen LogP contribution in [0.4, 0.5) is 11.4 Å². The number of phenols is 1. The molecule has 0 radical (unpaired) electrons. The third kappa shape index (κ3) is 2.43. The first-order valence-corrected chi connectivity index (χ1v) is 6.63. The molecule has 2 aromatic rings. The molecule has 0 bridgehead atoms. The molecule has 2 aromatic carbocycles. The number of nitrogens with one attached hydrogen (secondary N) is 1. The number of benzene rings is 2. The molecule has 1 aliphatic heterocycles. The predicted molar refractivity (Wildman–Crippen MR) is 79.9 cm³/mol. The topological polar surface area (TPSA) is 69.6 Å². The Morgan fingerprint density at radius 1 is 1.24 bits per heavy atom. The minimum atomic E-state index is -0.452. The van der Waals surface area contributed by atoms with E-state index in [4.69, 9.17) is 11.6 Å². The fourth-order valence-electron chi connectivity index (χ4n) is 2.25. The Hall–Kier alpha value is -2.53. The van der Waals surface area contributed by atoms with Gasteiger partial charge in [0, 0.05) is 5.02 Å². The summed E-state index contributed by atoms with van der Waals surface area (Å²) in [7, 11) is 0. The molecule has 2 amide bonds. The summed E-state index contributed by atoms with van der Waals surface area (Å²) >= 11 is 5.76. The van der Waals surface area contributed by atoms with E-state index in [9.17, 15) is 14.7 Å². The zero-order chi connectivity index (χ0) is 15.0. The van der Waals surface area contributed by atoms with Gasteiger partial charge in [0.1, 0.15) is 12.3 Å². The van der Waals surface area contributed by atoms with Crippen LogP contribution in [-0.4, -0.2) is 23.5 Å². The maximum Gasteiger partial charge on any atom is 0.262 e. The Morgan fingerprint density at radius 2 is 2.00 bits per heavy atom. The molecular weight excluding hydrogens is 292 g/mol. The van der Waals surface area contributed by atoms with E-state index < -0.39 is 5.91 Å². The van der Waals surface area contributed by atoms with Gasteiger partial charge < -0.3 is 10.4 Å². The standard InChI is InChI=1S/C15H11ClN2O3/c16-9-5-6-10(13(19)7-9)15(21)18-8-14(20)17-11-3-1-2-4-12(11)18/h1-7,19H,8H2,(H,17,20). The number of aromatic hydroxyl groups is 1. The van der Waals surface area contributed by atoms with Gasteiger partial charge in [-0.2, -0.15) is 0 Å². The number of nitrogens with zero attached hydrogens (tertiary/aromatic N) is 1. The Kier molecular flexibility index (Phi) is 3.27. The molecule has 5 nitrogen and oxygen atoms in total. The number of amides is 2. The van der Waals surface area contributed by atoms with Crippen LogP contribution in [-0.2, 0) is 4.79 Å². The van der Waals surface area contributed by atoms with Crippen molar-refractivity contribution >= 4 is 34.8 Å². The quantitative estimate of drug-likeness (QED) is 0.851. The second kappa shape index (κ2) is 5.10. The molecule has 1 aliphatic rings. The van der Waals surface area contributed by atoms with E-state index in [1.54, 1.807) is 24.3 Å². The highest BCUT2D eigenvalue weighted by Crippen LogP contribution is 2.32. The van der Waals surface area contributed by atoms with Crippen molar-refractivity contribution in [3.8, 4) is 5.75 Å². The van der Waals surface area contributed by atoms with Gasteiger partial charge in [0.25, 0.3) is 5.91 Å². The van der Waals surface area contributed by atoms with Gasteiger partial charge in [-0.3, -0.25) is 14.5 Å². The van der Waals surface area contributed by atoms with E-state index in [-0.39, 0.29) is 23.8 Å². The number of carbonyl (C=O) groups excluding carboxylic acids is 2. The van der Waals surface area contributed by atoms with Gasteiger partial charge in [0.05, 0.1) is 16.9 Å². The molecule has 1 heterocycles. The van der Waals surface area contributed by atoms with Crippen LogP contribution in [0.25, 0.3) is 0 Å². The summed E-state index contributed by atoms with van der Waals surface area (Å²) in [6.45, 7) is -0.0993. The van der Waals surface area contributed by atoms with Crippen molar-refractivity contribution in [1.82, 2.24) is 0 Å². The highest BCUT2D eigenvalue weighted by molar-refractivity contribution is 6.31. The van der Waals surface area contributed by atoms with Gasteiger partial charge in [-0.25, -0.2) is 0 Å². The molecule has 3 rings (SSSR count). The molecule has 0 spiro atoms. The first kappa shape index (κ1) is 13.5. The van der Waals surface area contributed by atoms with Crippen molar-refractivity contribution in [1.29, 1.82) is 0 Å². The number of phenolic OH excluding ortho intramolecular Hbond substituents is 1. The molecule has 0 fully saturated rings. The van der Waals surface area contributed by atoms with Gasteiger partial charge in [-0.05, 0) is 30.3 Å². The summed E-state index contributed by atoms with van der Waals surface area (Å²) in [4.78, 5) is 25.6. The van der Waals surface area contributed by atoms with Gasteiger partial charge in [0.15, 0.2) is 0 Å². The minimum absolute atomic E-state index is 0.0993. The largest absolute Gasteiger partial charge is 0.507 e. The summed E-state index contributed by atoms with van der Waals surface area (Å²) in [5, 5.41) is 12.9. The summed E-state index contributed by atoms with van der Waals surface area (Å²) < 4.78 is 0. The van der Waals surface area contributed by atoms with E-state index in [0.717, 1.165) is 0 Å². The van der Waals surface area contributed by atoms with Crippen LogP contribution in [0.2, 0.25) is 5.02 Å². The lowest BCUT2D eigenvalue weighted by Gasteiger charge is -2.29. The van der Waals surface area contributed by atoms with Crippen LogP contribution in [0.3, 0.4) is 0 Å². The van der Waals surface area contributed by atoms with Crippen LogP contribution in [0.15, 0.2) is 42.5 Å². The maximum absolute atomic E-state index is 12.6. The molecule has 0 aromatic heterocycles. The normalized spacial score (nSPS) is 13.6. The van der Waals surface area contributed by atoms with Crippen molar-refractivity contribution in [2.24, 2.45) is 0 Å². The summed E-state index contributed by atoms with van der Waals surface area (Å²) in [6.07, 6.45) is 0. The van der Waals surface area contributed by atoms with Gasteiger partial charge in [0.2, 0.25) is 5.91 Å². The average Bonchev–Trinajstić information content (AvgIpc) is 2.45. The fourth-order valence-corrected chi connectivity index (χ4v) is 2.41. The van der Waals surface area contributed by atoms with E-state index in [2.05, 4.69) is 5.32 Å².